The first-order valence-electron chi connectivity index (χ1n) is 7.36. The molecule has 0 saturated carbocycles. The van der Waals surface area contributed by atoms with E-state index in [2.05, 4.69) is 9.88 Å². The van der Waals surface area contributed by atoms with Crippen molar-refractivity contribution in [1.82, 2.24) is 14.5 Å². The van der Waals surface area contributed by atoms with E-state index in [0.29, 0.717) is 30.5 Å². The van der Waals surface area contributed by atoms with Gasteiger partial charge in [-0.1, -0.05) is 0 Å². The molecular weight excluding hydrogens is 276 g/mol. The molecule has 0 unspecified atom stereocenters. The van der Waals surface area contributed by atoms with Gasteiger partial charge in [-0.3, -0.25) is 4.90 Å². The maximum absolute atomic E-state index is 13.5. The molecular formula is C15H19F2N3O. The molecule has 0 atom stereocenters. The van der Waals surface area contributed by atoms with Gasteiger partial charge < -0.3 is 9.67 Å². The van der Waals surface area contributed by atoms with Crippen molar-refractivity contribution in [2.24, 2.45) is 0 Å². The van der Waals surface area contributed by atoms with Crippen LogP contribution in [0.4, 0.5) is 8.78 Å². The van der Waals surface area contributed by atoms with Gasteiger partial charge in [0, 0.05) is 25.3 Å². The number of fused-ring (bicyclic) bond motifs is 1. The number of likely N-dealkylation sites (tertiary alicyclic amines) is 1. The highest BCUT2D eigenvalue weighted by molar-refractivity contribution is 5.76. The Kier molecular flexibility index (Phi) is 4.17. The highest BCUT2D eigenvalue weighted by Crippen LogP contribution is 2.22. The van der Waals surface area contributed by atoms with Crippen molar-refractivity contribution in [1.29, 1.82) is 0 Å². The molecule has 0 amide bonds. The van der Waals surface area contributed by atoms with Crippen LogP contribution in [0, 0.1) is 11.6 Å². The highest BCUT2D eigenvalue weighted by atomic mass is 19.2. The fourth-order valence-corrected chi connectivity index (χ4v) is 2.91. The second kappa shape index (κ2) is 6.07. The summed E-state index contributed by atoms with van der Waals surface area (Å²) >= 11 is 0. The summed E-state index contributed by atoms with van der Waals surface area (Å²) in [7, 11) is 0. The van der Waals surface area contributed by atoms with Gasteiger partial charge >= 0.3 is 0 Å². The van der Waals surface area contributed by atoms with E-state index in [0.717, 1.165) is 25.0 Å². The lowest BCUT2D eigenvalue weighted by molar-refractivity contribution is 0.276. The molecule has 21 heavy (non-hydrogen) atoms. The lowest BCUT2D eigenvalue weighted by atomic mass is 10.3. The summed E-state index contributed by atoms with van der Waals surface area (Å²) in [4.78, 5) is 6.76. The van der Waals surface area contributed by atoms with Gasteiger partial charge in [-0.15, -0.1) is 0 Å². The van der Waals surface area contributed by atoms with Crippen molar-refractivity contribution in [3.8, 4) is 0 Å². The first-order valence-corrected chi connectivity index (χ1v) is 7.36. The Bertz CT molecular complexity index is 635. The van der Waals surface area contributed by atoms with Crippen molar-refractivity contribution >= 4 is 11.0 Å². The fourth-order valence-electron chi connectivity index (χ4n) is 2.91. The Labute approximate surface area is 122 Å². The van der Waals surface area contributed by atoms with Gasteiger partial charge in [0.25, 0.3) is 0 Å². The number of aliphatic hydroxyl groups is 1. The molecule has 1 aliphatic heterocycles. The predicted octanol–water partition coefficient (Wildman–Crippen LogP) is 2.29. The van der Waals surface area contributed by atoms with Crippen molar-refractivity contribution in [2.45, 2.75) is 32.4 Å². The number of aromatic nitrogens is 2. The molecule has 0 aliphatic carbocycles. The molecule has 0 radical (unpaired) electrons. The number of aryl methyl sites for hydroxylation is 1. The van der Waals surface area contributed by atoms with Crippen molar-refractivity contribution in [3.05, 3.63) is 29.6 Å². The van der Waals surface area contributed by atoms with Crippen molar-refractivity contribution in [3.63, 3.8) is 0 Å². The fraction of sp³-hybridized carbons (Fsp3) is 0.533. The molecule has 6 heteroatoms. The van der Waals surface area contributed by atoms with Gasteiger partial charge in [0.1, 0.15) is 5.82 Å². The Morgan fingerprint density at radius 3 is 2.57 bits per heavy atom. The zero-order valence-electron chi connectivity index (χ0n) is 11.9. The third-order valence-electron chi connectivity index (χ3n) is 3.97. The first-order chi connectivity index (χ1) is 10.2. The Balaban J connectivity index is 1.99. The highest BCUT2D eigenvalue weighted by Gasteiger charge is 2.18. The van der Waals surface area contributed by atoms with Crippen LogP contribution < -0.4 is 0 Å². The molecule has 1 fully saturated rings. The van der Waals surface area contributed by atoms with Crippen LogP contribution in [-0.2, 0) is 13.1 Å². The van der Waals surface area contributed by atoms with Gasteiger partial charge in [0.05, 0.1) is 17.6 Å². The molecule has 1 aromatic carbocycles. The van der Waals surface area contributed by atoms with Crippen LogP contribution in [0.5, 0.6) is 0 Å². The monoisotopic (exact) mass is 295 g/mol. The number of nitrogens with zero attached hydrogens (tertiary/aromatic N) is 3. The minimum atomic E-state index is -0.873. The first kappa shape index (κ1) is 14.4. The van der Waals surface area contributed by atoms with E-state index < -0.39 is 11.6 Å². The van der Waals surface area contributed by atoms with E-state index in [4.69, 9.17) is 5.11 Å². The molecule has 2 aromatic rings. The van der Waals surface area contributed by atoms with E-state index >= 15 is 0 Å². The Hall–Kier alpha value is -1.53. The number of benzene rings is 1. The van der Waals surface area contributed by atoms with E-state index in [1.807, 2.05) is 4.57 Å². The second-order valence-corrected chi connectivity index (χ2v) is 5.50. The average Bonchev–Trinajstić information content (AvgIpc) is 3.06. The predicted molar refractivity (Wildman–Crippen MR) is 75.9 cm³/mol. The third kappa shape index (κ3) is 2.91. The van der Waals surface area contributed by atoms with Gasteiger partial charge in [-0.25, -0.2) is 13.8 Å². The average molecular weight is 295 g/mol. The quantitative estimate of drug-likeness (QED) is 0.920. The number of hydrogen-bond donors (Lipinski definition) is 1. The summed E-state index contributed by atoms with van der Waals surface area (Å²) < 4.78 is 28.8. The minimum Gasteiger partial charge on any atom is -0.396 e. The maximum atomic E-state index is 13.5. The number of imidazole rings is 1. The molecule has 0 spiro atoms. The molecule has 3 rings (SSSR count). The van der Waals surface area contributed by atoms with E-state index in [1.165, 1.54) is 18.9 Å². The Morgan fingerprint density at radius 1 is 1.14 bits per heavy atom. The molecule has 114 valence electrons. The SMILES string of the molecule is OCCCn1c(CN2CCCC2)nc2cc(F)c(F)cc21. The van der Waals surface area contributed by atoms with E-state index in [1.54, 1.807) is 0 Å². The molecule has 1 saturated heterocycles. The summed E-state index contributed by atoms with van der Waals surface area (Å²) in [5, 5.41) is 9.03. The smallest absolute Gasteiger partial charge is 0.161 e. The van der Waals surface area contributed by atoms with Gasteiger partial charge in [-0.2, -0.15) is 0 Å². The topological polar surface area (TPSA) is 41.3 Å². The van der Waals surface area contributed by atoms with E-state index in [-0.39, 0.29) is 6.61 Å². The zero-order chi connectivity index (χ0) is 14.8. The maximum Gasteiger partial charge on any atom is 0.161 e. The summed E-state index contributed by atoms with van der Waals surface area (Å²) in [6, 6.07) is 2.34. The van der Waals surface area contributed by atoms with Gasteiger partial charge in [0.2, 0.25) is 0 Å². The van der Waals surface area contributed by atoms with Crippen LogP contribution in [0.25, 0.3) is 11.0 Å². The number of halogens is 2. The zero-order valence-corrected chi connectivity index (χ0v) is 11.9. The Morgan fingerprint density at radius 2 is 1.86 bits per heavy atom. The second-order valence-electron chi connectivity index (χ2n) is 5.50. The van der Waals surface area contributed by atoms with Crippen LogP contribution in [0.3, 0.4) is 0 Å². The molecule has 0 bridgehead atoms. The molecule has 4 nitrogen and oxygen atoms in total. The van der Waals surface area contributed by atoms with Gasteiger partial charge in [0.15, 0.2) is 11.6 Å². The van der Waals surface area contributed by atoms with Gasteiger partial charge in [-0.05, 0) is 32.4 Å². The van der Waals surface area contributed by atoms with Crippen LogP contribution in [0.15, 0.2) is 12.1 Å². The van der Waals surface area contributed by atoms with Crippen molar-refractivity contribution in [2.75, 3.05) is 19.7 Å². The summed E-state index contributed by atoms with van der Waals surface area (Å²) in [6.07, 6.45) is 2.93. The lowest BCUT2D eigenvalue weighted by Crippen LogP contribution is -2.21. The standard InChI is InChI=1S/C15H19F2N3O/c16-11-8-13-14(9-12(11)17)20(6-3-7-21)15(18-13)10-19-4-1-2-5-19/h8-9,21H,1-7,10H2. The van der Waals surface area contributed by atoms with E-state index in [9.17, 15) is 8.78 Å². The largest absolute Gasteiger partial charge is 0.396 e. The van der Waals surface area contributed by atoms with Crippen molar-refractivity contribution < 1.29 is 13.9 Å². The third-order valence-corrected chi connectivity index (χ3v) is 3.97. The molecule has 1 aromatic heterocycles. The number of aliphatic hydroxyl groups excluding tert-OH is 1. The molecule has 1 N–H and O–H groups in total. The molecule has 1 aliphatic rings. The summed E-state index contributed by atoms with van der Waals surface area (Å²) in [6.45, 7) is 3.37. The van der Waals surface area contributed by atoms with Crippen LogP contribution >= 0.6 is 0 Å². The number of hydrogen-bond acceptors (Lipinski definition) is 3. The minimum absolute atomic E-state index is 0.0620. The van der Waals surface area contributed by atoms with Crippen LogP contribution in [0.1, 0.15) is 25.1 Å². The normalized spacial score (nSPS) is 16.1. The lowest BCUT2D eigenvalue weighted by Gasteiger charge is -2.15. The molecule has 2 heterocycles. The number of rotatable bonds is 5. The summed E-state index contributed by atoms with van der Waals surface area (Å²) in [5.41, 5.74) is 1.07. The van der Waals surface area contributed by atoms with Crippen LogP contribution in [-0.4, -0.2) is 39.3 Å². The van der Waals surface area contributed by atoms with Crippen LogP contribution in [0.2, 0.25) is 0 Å². The summed E-state index contributed by atoms with van der Waals surface area (Å²) in [5.74, 6) is -0.923.